The fourth-order valence-corrected chi connectivity index (χ4v) is 6.31. The van der Waals surface area contributed by atoms with Gasteiger partial charge in [0.1, 0.15) is 5.69 Å². The average molecular weight is 559 g/mol. The van der Waals surface area contributed by atoms with Gasteiger partial charge in [0, 0.05) is 66.5 Å². The Morgan fingerprint density at radius 3 is 2.66 bits per heavy atom. The number of aromatic nitrogens is 2. The summed E-state index contributed by atoms with van der Waals surface area (Å²) in [6.07, 6.45) is 1.52. The highest BCUT2D eigenvalue weighted by molar-refractivity contribution is 7.13. The minimum atomic E-state index is -0.423. The van der Waals surface area contributed by atoms with E-state index in [4.69, 9.17) is 16.3 Å². The molecular weight excluding hydrogens is 528 g/mol. The maximum atomic E-state index is 13.2. The Kier molecular flexibility index (Phi) is 7.60. The molecule has 10 nitrogen and oxygen atoms in total. The summed E-state index contributed by atoms with van der Waals surface area (Å²) in [6.45, 7) is 1.91. The van der Waals surface area contributed by atoms with Gasteiger partial charge in [-0.15, -0.1) is 11.3 Å². The van der Waals surface area contributed by atoms with Crippen LogP contribution in [0, 0.1) is 5.92 Å². The zero-order chi connectivity index (χ0) is 27.0. The minimum Gasteiger partial charge on any atom is -0.449 e. The molecule has 5 rings (SSSR count). The standard InChI is InChI=1S/C26H31ClN6O4S/c1-32(2)26(36)37-13-14-8-19(29-23(34)21-11-15-10-16(27)4-5-17(15)28-21)20(9-14)30-24(35)25-31-18-6-7-33(3)12-22(18)38-25/h4-5,10-11,14,19-20,28H,6-9,12-13H2,1-3H3,(H,29,34)(H,30,35)/t14?,19?,20-/m1/s1. The third-order valence-corrected chi connectivity index (χ3v) is 8.36. The Hall–Kier alpha value is -3.15. The first-order valence-electron chi connectivity index (χ1n) is 12.6. The Morgan fingerprint density at radius 2 is 1.92 bits per heavy atom. The van der Waals surface area contributed by atoms with Gasteiger partial charge < -0.3 is 30.2 Å². The topological polar surface area (TPSA) is 120 Å². The van der Waals surface area contributed by atoms with E-state index in [1.165, 1.54) is 16.2 Å². The van der Waals surface area contributed by atoms with E-state index in [9.17, 15) is 14.4 Å². The fourth-order valence-electron chi connectivity index (χ4n) is 5.04. The predicted molar refractivity (Wildman–Crippen MR) is 146 cm³/mol. The third kappa shape index (κ3) is 5.79. The van der Waals surface area contributed by atoms with Crippen LogP contribution in [0.4, 0.5) is 4.79 Å². The molecule has 3 aromatic rings. The first kappa shape index (κ1) is 26.5. The SMILES string of the molecule is CN1CCc2nc(C(=O)N[C@@H]3CC(COC(=O)N(C)C)CC3NC(=O)c3cc4cc(Cl)ccc4[nH]3)sc2C1. The van der Waals surface area contributed by atoms with Crippen LogP contribution in [-0.4, -0.2) is 84.1 Å². The van der Waals surface area contributed by atoms with E-state index < -0.39 is 6.09 Å². The summed E-state index contributed by atoms with van der Waals surface area (Å²) in [5.41, 5.74) is 2.20. The van der Waals surface area contributed by atoms with Gasteiger partial charge >= 0.3 is 6.09 Å². The van der Waals surface area contributed by atoms with Crippen molar-refractivity contribution < 1.29 is 19.1 Å². The Bertz CT molecular complexity index is 1370. The van der Waals surface area contributed by atoms with Gasteiger partial charge in [-0.1, -0.05) is 11.6 Å². The second-order valence-electron chi connectivity index (χ2n) is 10.3. The van der Waals surface area contributed by atoms with Crippen molar-refractivity contribution in [1.82, 2.24) is 30.4 Å². The first-order valence-corrected chi connectivity index (χ1v) is 13.8. The molecule has 0 saturated heterocycles. The molecule has 2 unspecified atom stereocenters. The number of H-pyrrole nitrogens is 1. The normalized spacial score (nSPS) is 21.2. The number of carbonyl (C=O) groups is 3. The molecule has 2 aromatic heterocycles. The number of nitrogens with zero attached hydrogens (tertiary/aromatic N) is 3. The monoisotopic (exact) mass is 558 g/mol. The second kappa shape index (κ2) is 10.9. The summed E-state index contributed by atoms with van der Waals surface area (Å²) in [4.78, 5) is 50.8. The number of nitrogens with one attached hydrogen (secondary N) is 3. The van der Waals surface area contributed by atoms with Crippen molar-refractivity contribution in [3.05, 3.63) is 50.6 Å². The highest BCUT2D eigenvalue weighted by atomic mass is 35.5. The maximum Gasteiger partial charge on any atom is 0.409 e. The van der Waals surface area contributed by atoms with Crippen molar-refractivity contribution in [3.63, 3.8) is 0 Å². The maximum absolute atomic E-state index is 13.2. The summed E-state index contributed by atoms with van der Waals surface area (Å²) in [7, 11) is 5.31. The summed E-state index contributed by atoms with van der Waals surface area (Å²) in [6, 6.07) is 6.46. The van der Waals surface area contributed by atoms with Gasteiger partial charge in [0.25, 0.3) is 11.8 Å². The molecule has 2 aliphatic rings. The lowest BCUT2D eigenvalue weighted by molar-refractivity contribution is 0.0889. The van der Waals surface area contributed by atoms with Crippen LogP contribution in [-0.2, 0) is 17.7 Å². The summed E-state index contributed by atoms with van der Waals surface area (Å²) in [5.74, 6) is -0.545. The van der Waals surface area contributed by atoms with Gasteiger partial charge in [0.05, 0.1) is 12.3 Å². The number of halogens is 1. The number of thiazole rings is 1. The highest BCUT2D eigenvalue weighted by Gasteiger charge is 2.38. The van der Waals surface area contributed by atoms with Gasteiger partial charge in [-0.2, -0.15) is 0 Å². The number of aromatic amines is 1. The molecule has 3 atom stereocenters. The van der Waals surface area contributed by atoms with E-state index in [1.807, 2.05) is 6.07 Å². The molecule has 1 aliphatic heterocycles. The summed E-state index contributed by atoms with van der Waals surface area (Å²) in [5, 5.41) is 8.04. The van der Waals surface area contributed by atoms with Crippen LogP contribution in [0.3, 0.4) is 0 Å². The molecule has 3 heterocycles. The molecule has 202 valence electrons. The quantitative estimate of drug-likeness (QED) is 0.427. The summed E-state index contributed by atoms with van der Waals surface area (Å²) < 4.78 is 5.41. The number of rotatable bonds is 6. The van der Waals surface area contributed by atoms with E-state index >= 15 is 0 Å². The van der Waals surface area contributed by atoms with Gasteiger partial charge in [0.15, 0.2) is 5.01 Å². The van der Waals surface area contributed by atoms with Gasteiger partial charge in [-0.05, 0) is 50.1 Å². The van der Waals surface area contributed by atoms with Crippen LogP contribution in [0.5, 0.6) is 0 Å². The molecule has 1 saturated carbocycles. The number of hydrogen-bond acceptors (Lipinski definition) is 7. The van der Waals surface area contributed by atoms with E-state index in [2.05, 4.69) is 32.5 Å². The van der Waals surface area contributed by atoms with Gasteiger partial charge in [0.2, 0.25) is 0 Å². The van der Waals surface area contributed by atoms with Crippen molar-refractivity contribution in [2.75, 3.05) is 34.3 Å². The molecule has 1 fully saturated rings. The molecule has 1 aliphatic carbocycles. The van der Waals surface area contributed by atoms with E-state index in [0.29, 0.717) is 28.6 Å². The number of fused-ring (bicyclic) bond motifs is 2. The smallest absolute Gasteiger partial charge is 0.409 e. The number of ether oxygens (including phenoxy) is 1. The number of amides is 3. The van der Waals surface area contributed by atoms with Crippen molar-refractivity contribution >= 4 is 51.7 Å². The molecule has 3 amide bonds. The molecule has 0 radical (unpaired) electrons. The lowest BCUT2D eigenvalue weighted by atomic mass is 10.1. The van der Waals surface area contributed by atoms with Gasteiger partial charge in [-0.3, -0.25) is 9.59 Å². The van der Waals surface area contributed by atoms with E-state index in [0.717, 1.165) is 41.0 Å². The third-order valence-electron chi connectivity index (χ3n) is 7.04. The second-order valence-corrected chi connectivity index (χ2v) is 11.8. The zero-order valence-electron chi connectivity index (χ0n) is 21.5. The average Bonchev–Trinajstić information content (AvgIpc) is 3.58. The molecule has 0 spiro atoms. The fraction of sp³-hybridized carbons (Fsp3) is 0.462. The minimum absolute atomic E-state index is 0.0193. The summed E-state index contributed by atoms with van der Waals surface area (Å²) >= 11 is 7.51. The molecular formula is C26H31ClN6O4S. The molecule has 3 N–H and O–H groups in total. The molecule has 38 heavy (non-hydrogen) atoms. The van der Waals surface area contributed by atoms with E-state index in [1.54, 1.807) is 32.3 Å². The zero-order valence-corrected chi connectivity index (χ0v) is 23.1. The highest BCUT2D eigenvalue weighted by Crippen LogP contribution is 2.29. The van der Waals surface area contributed by atoms with E-state index in [-0.39, 0.29) is 36.4 Å². The lowest BCUT2D eigenvalue weighted by Gasteiger charge is -2.21. The van der Waals surface area contributed by atoms with Crippen molar-refractivity contribution in [2.45, 2.75) is 37.9 Å². The number of hydrogen-bond donors (Lipinski definition) is 3. The van der Waals surface area contributed by atoms with Crippen LogP contribution >= 0.6 is 22.9 Å². The van der Waals surface area contributed by atoms with Crippen LogP contribution in [0.15, 0.2) is 24.3 Å². The largest absolute Gasteiger partial charge is 0.449 e. The molecule has 12 heteroatoms. The van der Waals surface area contributed by atoms with Crippen LogP contribution in [0.1, 0.15) is 43.7 Å². The number of carbonyl (C=O) groups excluding carboxylic acids is 3. The molecule has 1 aromatic carbocycles. The first-order chi connectivity index (χ1) is 18.2. The van der Waals surface area contributed by atoms with Crippen molar-refractivity contribution in [2.24, 2.45) is 5.92 Å². The van der Waals surface area contributed by atoms with Gasteiger partial charge in [-0.25, -0.2) is 9.78 Å². The van der Waals surface area contributed by atoms with Crippen LogP contribution < -0.4 is 10.6 Å². The van der Waals surface area contributed by atoms with Crippen LogP contribution in [0.25, 0.3) is 10.9 Å². The van der Waals surface area contributed by atoms with Crippen LogP contribution in [0.2, 0.25) is 5.02 Å². The predicted octanol–water partition coefficient (Wildman–Crippen LogP) is 3.27. The number of benzene rings is 1. The Balaban J connectivity index is 1.30. The Morgan fingerprint density at radius 1 is 1.18 bits per heavy atom. The lowest BCUT2D eigenvalue weighted by Crippen LogP contribution is -2.48. The molecule has 0 bridgehead atoms. The van der Waals surface area contributed by atoms with Crippen molar-refractivity contribution in [1.29, 1.82) is 0 Å². The number of likely N-dealkylation sites (N-methyl/N-ethyl adjacent to an activating group) is 1. The van der Waals surface area contributed by atoms with Crippen molar-refractivity contribution in [3.8, 4) is 0 Å². The Labute approximate surface area is 229 Å².